The number of amides is 2. The van der Waals surface area contributed by atoms with Gasteiger partial charge in [0.25, 0.3) is 11.8 Å². The number of nitrogens with one attached hydrogen (secondary N) is 3. The summed E-state index contributed by atoms with van der Waals surface area (Å²) < 4.78 is 10.4. The molecule has 0 unspecified atom stereocenters. The van der Waals surface area contributed by atoms with Crippen LogP contribution in [0.1, 0.15) is 25.3 Å². The third kappa shape index (κ3) is 5.25. The fraction of sp³-hybridized carbons (Fsp3) is 0.172. The van der Waals surface area contributed by atoms with Crippen LogP contribution in [0.15, 0.2) is 101 Å². The van der Waals surface area contributed by atoms with Crippen molar-refractivity contribution in [2.24, 2.45) is 0 Å². The molecule has 0 saturated heterocycles. The van der Waals surface area contributed by atoms with Crippen LogP contribution in [-0.2, 0) is 9.59 Å². The van der Waals surface area contributed by atoms with E-state index in [-0.39, 0.29) is 11.8 Å². The molecule has 7 heteroatoms. The summed E-state index contributed by atoms with van der Waals surface area (Å²) in [5.41, 5.74) is 4.43. The van der Waals surface area contributed by atoms with E-state index in [4.69, 9.17) is 9.47 Å². The number of dihydropyridines is 1. The number of carbonyl (C=O) groups is 2. The Bertz CT molecular complexity index is 1230. The van der Waals surface area contributed by atoms with Gasteiger partial charge in [-0.2, -0.15) is 0 Å². The maximum atomic E-state index is 13.6. The molecular formula is C29H29N3O4. The van der Waals surface area contributed by atoms with Crippen LogP contribution in [0, 0.1) is 0 Å². The summed E-state index contributed by atoms with van der Waals surface area (Å²) in [7, 11) is 3.18. The molecule has 1 heterocycles. The average Bonchev–Trinajstić information content (AvgIpc) is 2.89. The Hall–Kier alpha value is -4.52. The fourth-order valence-corrected chi connectivity index (χ4v) is 4.32. The maximum Gasteiger partial charge on any atom is 0.254 e. The van der Waals surface area contributed by atoms with Crippen LogP contribution in [0.5, 0.6) is 11.5 Å². The van der Waals surface area contributed by atoms with Gasteiger partial charge in [0.2, 0.25) is 0 Å². The number of carbonyl (C=O) groups excluding carboxylic acids is 2. The SMILES string of the molecule is COc1ccc(NC(=O)C2=C(C)NC(C)=C(C(=O)Nc3ccc(OC)cc3)C2c2ccccc2)cc1. The monoisotopic (exact) mass is 483 g/mol. The molecule has 4 rings (SSSR count). The number of methoxy groups -OCH3 is 2. The van der Waals surface area contributed by atoms with Crippen molar-refractivity contribution in [1.29, 1.82) is 0 Å². The summed E-state index contributed by atoms with van der Waals surface area (Å²) in [6, 6.07) is 23.8. The van der Waals surface area contributed by atoms with Gasteiger partial charge >= 0.3 is 0 Å². The van der Waals surface area contributed by atoms with Gasteiger partial charge in [0.15, 0.2) is 0 Å². The summed E-state index contributed by atoms with van der Waals surface area (Å²) in [5.74, 6) is 0.244. The topological polar surface area (TPSA) is 88.7 Å². The Balaban J connectivity index is 1.69. The van der Waals surface area contributed by atoms with Crippen molar-refractivity contribution in [3.63, 3.8) is 0 Å². The zero-order valence-electron chi connectivity index (χ0n) is 20.7. The molecule has 0 saturated carbocycles. The van der Waals surface area contributed by atoms with E-state index in [2.05, 4.69) is 16.0 Å². The first kappa shape index (κ1) is 24.6. The van der Waals surface area contributed by atoms with Gasteiger partial charge in [0, 0.05) is 39.8 Å². The minimum Gasteiger partial charge on any atom is -0.497 e. The summed E-state index contributed by atoms with van der Waals surface area (Å²) >= 11 is 0. The van der Waals surface area contributed by atoms with Crippen LogP contribution in [0.25, 0.3) is 0 Å². The Morgan fingerprint density at radius 1 is 0.667 bits per heavy atom. The van der Waals surface area contributed by atoms with Crippen molar-refractivity contribution in [2.75, 3.05) is 24.9 Å². The zero-order chi connectivity index (χ0) is 25.7. The van der Waals surface area contributed by atoms with E-state index in [9.17, 15) is 9.59 Å². The second kappa shape index (κ2) is 10.8. The van der Waals surface area contributed by atoms with Crippen LogP contribution in [0.3, 0.4) is 0 Å². The molecule has 0 fully saturated rings. The quantitative estimate of drug-likeness (QED) is 0.429. The zero-order valence-corrected chi connectivity index (χ0v) is 20.7. The summed E-state index contributed by atoms with van der Waals surface area (Å²) in [4.78, 5) is 27.2. The van der Waals surface area contributed by atoms with Crippen molar-refractivity contribution < 1.29 is 19.1 Å². The van der Waals surface area contributed by atoms with Gasteiger partial charge in [0.1, 0.15) is 11.5 Å². The van der Waals surface area contributed by atoms with Gasteiger partial charge in [-0.05, 0) is 67.9 Å². The lowest BCUT2D eigenvalue weighted by molar-refractivity contribution is -0.113. The number of hydrogen-bond donors (Lipinski definition) is 3. The van der Waals surface area contributed by atoms with E-state index < -0.39 is 5.92 Å². The molecule has 0 bridgehead atoms. The van der Waals surface area contributed by atoms with Gasteiger partial charge in [-0.3, -0.25) is 9.59 Å². The minimum atomic E-state index is -0.566. The van der Waals surface area contributed by atoms with Gasteiger partial charge < -0.3 is 25.4 Å². The largest absolute Gasteiger partial charge is 0.497 e. The normalized spacial score (nSPS) is 13.7. The summed E-state index contributed by atoms with van der Waals surface area (Å²) in [5, 5.41) is 9.19. The highest BCUT2D eigenvalue weighted by atomic mass is 16.5. The third-order valence-corrected chi connectivity index (χ3v) is 6.08. The highest BCUT2D eigenvalue weighted by Crippen LogP contribution is 2.39. The molecule has 2 amide bonds. The van der Waals surface area contributed by atoms with Gasteiger partial charge in [-0.1, -0.05) is 30.3 Å². The van der Waals surface area contributed by atoms with E-state index in [0.29, 0.717) is 45.4 Å². The Kier molecular flexibility index (Phi) is 7.39. The molecule has 1 aliphatic rings. The van der Waals surface area contributed by atoms with Crippen LogP contribution >= 0.6 is 0 Å². The smallest absolute Gasteiger partial charge is 0.254 e. The number of allylic oxidation sites excluding steroid dienone is 2. The molecule has 3 aromatic carbocycles. The van der Waals surface area contributed by atoms with Crippen LogP contribution in [0.2, 0.25) is 0 Å². The maximum absolute atomic E-state index is 13.6. The number of hydrogen-bond acceptors (Lipinski definition) is 5. The molecule has 0 radical (unpaired) electrons. The first-order valence-corrected chi connectivity index (χ1v) is 11.6. The lowest BCUT2D eigenvalue weighted by Gasteiger charge is -2.31. The van der Waals surface area contributed by atoms with Gasteiger partial charge in [-0.25, -0.2) is 0 Å². The predicted octanol–water partition coefficient (Wildman–Crippen LogP) is 5.22. The number of ether oxygens (including phenoxy) is 2. The Morgan fingerprint density at radius 3 is 1.47 bits per heavy atom. The van der Waals surface area contributed by atoms with Gasteiger partial charge in [-0.15, -0.1) is 0 Å². The molecular weight excluding hydrogens is 454 g/mol. The van der Waals surface area contributed by atoms with E-state index >= 15 is 0 Å². The van der Waals surface area contributed by atoms with E-state index in [0.717, 1.165) is 5.56 Å². The molecule has 0 spiro atoms. The molecule has 0 atom stereocenters. The summed E-state index contributed by atoms with van der Waals surface area (Å²) in [6.45, 7) is 3.70. The number of benzene rings is 3. The molecule has 3 aromatic rings. The molecule has 0 aromatic heterocycles. The van der Waals surface area contributed by atoms with Crippen molar-refractivity contribution in [1.82, 2.24) is 5.32 Å². The van der Waals surface area contributed by atoms with Crippen LogP contribution in [-0.4, -0.2) is 26.0 Å². The molecule has 3 N–H and O–H groups in total. The number of anilines is 2. The van der Waals surface area contributed by atoms with Crippen molar-refractivity contribution >= 4 is 23.2 Å². The molecule has 184 valence electrons. The highest BCUT2D eigenvalue weighted by Gasteiger charge is 2.36. The lowest BCUT2D eigenvalue weighted by Crippen LogP contribution is -2.35. The second-order valence-corrected chi connectivity index (χ2v) is 8.41. The fourth-order valence-electron chi connectivity index (χ4n) is 4.32. The molecule has 36 heavy (non-hydrogen) atoms. The minimum absolute atomic E-state index is 0.290. The molecule has 1 aliphatic heterocycles. The number of rotatable bonds is 7. The van der Waals surface area contributed by atoms with Crippen molar-refractivity contribution in [3.05, 3.63) is 107 Å². The van der Waals surface area contributed by atoms with Crippen molar-refractivity contribution in [2.45, 2.75) is 19.8 Å². The average molecular weight is 484 g/mol. The molecule has 0 aliphatic carbocycles. The highest BCUT2D eigenvalue weighted by molar-refractivity contribution is 6.11. The first-order valence-electron chi connectivity index (χ1n) is 11.6. The molecule has 7 nitrogen and oxygen atoms in total. The summed E-state index contributed by atoms with van der Waals surface area (Å²) in [6.07, 6.45) is 0. The lowest BCUT2D eigenvalue weighted by atomic mass is 9.79. The van der Waals surface area contributed by atoms with E-state index in [1.807, 2.05) is 44.2 Å². The first-order chi connectivity index (χ1) is 17.4. The van der Waals surface area contributed by atoms with Crippen LogP contribution in [0.4, 0.5) is 11.4 Å². The second-order valence-electron chi connectivity index (χ2n) is 8.41. The standard InChI is InChI=1S/C29H29N3O4/c1-18-25(28(33)31-21-10-14-23(35-3)15-11-21)27(20-8-6-5-7-9-20)26(19(2)30-18)29(34)32-22-12-16-24(36-4)17-13-22/h5-17,27,30H,1-4H3,(H,31,33)(H,32,34). The van der Waals surface area contributed by atoms with E-state index in [1.165, 1.54) is 0 Å². The predicted molar refractivity (Wildman–Crippen MR) is 141 cm³/mol. The Morgan fingerprint density at radius 2 is 1.08 bits per heavy atom. The van der Waals surface area contributed by atoms with E-state index in [1.54, 1.807) is 62.8 Å². The van der Waals surface area contributed by atoms with Crippen molar-refractivity contribution in [3.8, 4) is 11.5 Å². The van der Waals surface area contributed by atoms with Crippen LogP contribution < -0.4 is 25.4 Å². The van der Waals surface area contributed by atoms with Gasteiger partial charge in [0.05, 0.1) is 14.2 Å². The Labute approximate surface area is 210 Å². The third-order valence-electron chi connectivity index (χ3n) is 6.08.